The SMILES string of the molecule is CO[C@H]1CCN(Cc2c(Cl)cccc2Br)C1. The Hall–Kier alpha value is -0.0900. The van der Waals surface area contributed by atoms with Gasteiger partial charge in [-0.3, -0.25) is 4.90 Å². The van der Waals surface area contributed by atoms with E-state index in [1.165, 1.54) is 5.56 Å². The van der Waals surface area contributed by atoms with Gasteiger partial charge in [0, 0.05) is 36.2 Å². The summed E-state index contributed by atoms with van der Waals surface area (Å²) in [6, 6.07) is 5.93. The summed E-state index contributed by atoms with van der Waals surface area (Å²) < 4.78 is 6.44. The van der Waals surface area contributed by atoms with Gasteiger partial charge < -0.3 is 4.74 Å². The molecule has 1 saturated heterocycles. The number of methoxy groups -OCH3 is 1. The number of nitrogens with zero attached hydrogens (tertiary/aromatic N) is 1. The molecule has 0 N–H and O–H groups in total. The van der Waals surface area contributed by atoms with E-state index in [1.807, 2.05) is 18.2 Å². The predicted molar refractivity (Wildman–Crippen MR) is 69.8 cm³/mol. The molecule has 0 bridgehead atoms. The smallest absolute Gasteiger partial charge is 0.0710 e. The van der Waals surface area contributed by atoms with E-state index in [2.05, 4.69) is 20.8 Å². The van der Waals surface area contributed by atoms with Gasteiger partial charge in [0.05, 0.1) is 6.10 Å². The van der Waals surface area contributed by atoms with Gasteiger partial charge in [-0.2, -0.15) is 0 Å². The summed E-state index contributed by atoms with van der Waals surface area (Å²) in [5.74, 6) is 0. The third kappa shape index (κ3) is 2.77. The predicted octanol–water partition coefficient (Wildman–Crippen LogP) is 3.32. The first-order valence-electron chi connectivity index (χ1n) is 5.38. The molecular weight excluding hydrogens is 289 g/mol. The molecule has 0 aromatic heterocycles. The van der Waals surface area contributed by atoms with E-state index in [1.54, 1.807) is 7.11 Å². The summed E-state index contributed by atoms with van der Waals surface area (Å²) in [4.78, 5) is 2.38. The van der Waals surface area contributed by atoms with Crippen molar-refractivity contribution in [1.29, 1.82) is 0 Å². The lowest BCUT2D eigenvalue weighted by atomic mass is 10.2. The second-order valence-corrected chi connectivity index (χ2v) is 5.34. The Morgan fingerprint density at radius 3 is 3.00 bits per heavy atom. The van der Waals surface area contributed by atoms with Crippen LogP contribution in [-0.4, -0.2) is 31.2 Å². The van der Waals surface area contributed by atoms with Crippen molar-refractivity contribution in [2.75, 3.05) is 20.2 Å². The van der Waals surface area contributed by atoms with Gasteiger partial charge in [0.2, 0.25) is 0 Å². The number of ether oxygens (including phenoxy) is 1. The zero-order valence-electron chi connectivity index (χ0n) is 9.25. The maximum absolute atomic E-state index is 6.19. The monoisotopic (exact) mass is 303 g/mol. The van der Waals surface area contributed by atoms with E-state index in [9.17, 15) is 0 Å². The van der Waals surface area contributed by atoms with Gasteiger partial charge in [-0.05, 0) is 24.1 Å². The molecule has 1 aromatic rings. The maximum Gasteiger partial charge on any atom is 0.0710 e. The Bertz CT molecular complexity index is 352. The molecule has 0 amide bonds. The average molecular weight is 305 g/mol. The normalized spacial score (nSPS) is 21.6. The minimum absolute atomic E-state index is 0.376. The molecule has 16 heavy (non-hydrogen) atoms. The van der Waals surface area contributed by atoms with Crippen LogP contribution < -0.4 is 0 Å². The van der Waals surface area contributed by atoms with Crippen LogP contribution >= 0.6 is 27.5 Å². The van der Waals surface area contributed by atoms with Crippen molar-refractivity contribution in [3.63, 3.8) is 0 Å². The van der Waals surface area contributed by atoms with E-state index < -0.39 is 0 Å². The molecule has 4 heteroatoms. The lowest BCUT2D eigenvalue weighted by Gasteiger charge is -2.17. The number of likely N-dealkylation sites (tertiary alicyclic amines) is 1. The van der Waals surface area contributed by atoms with Crippen LogP contribution in [0.15, 0.2) is 22.7 Å². The fraction of sp³-hybridized carbons (Fsp3) is 0.500. The van der Waals surface area contributed by atoms with Crippen LogP contribution in [0.2, 0.25) is 5.02 Å². The zero-order valence-corrected chi connectivity index (χ0v) is 11.6. The molecule has 1 atom stereocenters. The maximum atomic E-state index is 6.19. The highest BCUT2D eigenvalue weighted by molar-refractivity contribution is 9.10. The molecular formula is C12H15BrClNO. The van der Waals surface area contributed by atoms with E-state index in [4.69, 9.17) is 16.3 Å². The highest BCUT2D eigenvalue weighted by Crippen LogP contribution is 2.27. The number of hydrogen-bond donors (Lipinski definition) is 0. The van der Waals surface area contributed by atoms with Crippen molar-refractivity contribution >= 4 is 27.5 Å². The molecule has 1 fully saturated rings. The Morgan fingerprint density at radius 1 is 1.56 bits per heavy atom. The van der Waals surface area contributed by atoms with Crippen molar-refractivity contribution in [2.45, 2.75) is 19.1 Å². The third-order valence-electron chi connectivity index (χ3n) is 3.01. The van der Waals surface area contributed by atoms with Crippen LogP contribution in [-0.2, 0) is 11.3 Å². The number of halogens is 2. The Morgan fingerprint density at radius 2 is 2.38 bits per heavy atom. The van der Waals surface area contributed by atoms with E-state index in [-0.39, 0.29) is 0 Å². The first kappa shape index (κ1) is 12.4. The van der Waals surface area contributed by atoms with Gasteiger partial charge in [0.1, 0.15) is 0 Å². The molecule has 2 nitrogen and oxygen atoms in total. The first-order chi connectivity index (χ1) is 7.70. The van der Waals surface area contributed by atoms with Crippen LogP contribution in [0, 0.1) is 0 Å². The summed E-state index contributed by atoms with van der Waals surface area (Å²) >= 11 is 9.73. The fourth-order valence-electron chi connectivity index (χ4n) is 2.04. The second kappa shape index (κ2) is 5.50. The quantitative estimate of drug-likeness (QED) is 0.849. The molecule has 0 unspecified atom stereocenters. The average Bonchev–Trinajstić information content (AvgIpc) is 2.71. The van der Waals surface area contributed by atoms with Gasteiger partial charge in [-0.15, -0.1) is 0 Å². The van der Waals surface area contributed by atoms with Gasteiger partial charge in [-0.1, -0.05) is 33.6 Å². The molecule has 0 radical (unpaired) electrons. The summed E-state index contributed by atoms with van der Waals surface area (Å²) in [6.07, 6.45) is 1.49. The molecule has 1 heterocycles. The Kier molecular flexibility index (Phi) is 4.25. The van der Waals surface area contributed by atoms with Crippen molar-refractivity contribution < 1.29 is 4.74 Å². The first-order valence-corrected chi connectivity index (χ1v) is 6.56. The van der Waals surface area contributed by atoms with Crippen LogP contribution in [0.4, 0.5) is 0 Å². The van der Waals surface area contributed by atoms with E-state index in [0.717, 1.165) is 35.6 Å². The van der Waals surface area contributed by atoms with Crippen LogP contribution in [0.1, 0.15) is 12.0 Å². The fourth-order valence-corrected chi connectivity index (χ4v) is 2.88. The third-order valence-corrected chi connectivity index (χ3v) is 4.10. The molecule has 88 valence electrons. The molecule has 0 saturated carbocycles. The molecule has 2 rings (SSSR count). The molecule has 1 aromatic carbocycles. The number of benzene rings is 1. The highest BCUT2D eigenvalue weighted by atomic mass is 79.9. The van der Waals surface area contributed by atoms with Crippen LogP contribution in [0.25, 0.3) is 0 Å². The van der Waals surface area contributed by atoms with Crippen LogP contribution in [0.5, 0.6) is 0 Å². The van der Waals surface area contributed by atoms with Crippen molar-refractivity contribution in [3.05, 3.63) is 33.3 Å². The lowest BCUT2D eigenvalue weighted by molar-refractivity contribution is 0.107. The van der Waals surface area contributed by atoms with Gasteiger partial charge in [-0.25, -0.2) is 0 Å². The molecule has 0 spiro atoms. The topological polar surface area (TPSA) is 12.5 Å². The van der Waals surface area contributed by atoms with Gasteiger partial charge in [0.25, 0.3) is 0 Å². The van der Waals surface area contributed by atoms with Crippen molar-refractivity contribution in [2.24, 2.45) is 0 Å². The summed E-state index contributed by atoms with van der Waals surface area (Å²) in [5.41, 5.74) is 1.17. The highest BCUT2D eigenvalue weighted by Gasteiger charge is 2.22. The molecule has 1 aliphatic heterocycles. The molecule has 1 aliphatic rings. The Labute approximate surface area is 110 Å². The minimum atomic E-state index is 0.376. The van der Waals surface area contributed by atoms with E-state index in [0.29, 0.717) is 6.10 Å². The zero-order chi connectivity index (χ0) is 11.5. The molecule has 0 aliphatic carbocycles. The summed E-state index contributed by atoms with van der Waals surface area (Å²) in [5, 5.41) is 0.829. The summed E-state index contributed by atoms with van der Waals surface area (Å²) in [6.45, 7) is 2.96. The number of hydrogen-bond acceptors (Lipinski definition) is 2. The van der Waals surface area contributed by atoms with Crippen molar-refractivity contribution in [3.8, 4) is 0 Å². The number of rotatable bonds is 3. The Balaban J connectivity index is 2.04. The lowest BCUT2D eigenvalue weighted by Crippen LogP contribution is -2.22. The van der Waals surface area contributed by atoms with Gasteiger partial charge >= 0.3 is 0 Å². The largest absolute Gasteiger partial charge is 0.380 e. The van der Waals surface area contributed by atoms with Gasteiger partial charge in [0.15, 0.2) is 0 Å². The minimum Gasteiger partial charge on any atom is -0.380 e. The van der Waals surface area contributed by atoms with Crippen molar-refractivity contribution in [1.82, 2.24) is 4.90 Å². The summed E-state index contributed by atoms with van der Waals surface area (Å²) in [7, 11) is 1.78. The van der Waals surface area contributed by atoms with E-state index >= 15 is 0 Å². The standard InChI is InChI=1S/C12H15BrClNO/c1-16-9-5-6-15(7-9)8-10-11(13)3-2-4-12(10)14/h2-4,9H,5-8H2,1H3/t9-/m0/s1. The second-order valence-electron chi connectivity index (χ2n) is 4.08. The van der Waals surface area contributed by atoms with Crippen LogP contribution in [0.3, 0.4) is 0 Å².